The van der Waals surface area contributed by atoms with Crippen LogP contribution in [0.5, 0.6) is 0 Å². The van der Waals surface area contributed by atoms with Crippen molar-refractivity contribution in [2.75, 3.05) is 11.4 Å². The monoisotopic (exact) mass is 335 g/mol. The summed E-state index contributed by atoms with van der Waals surface area (Å²) >= 11 is 5.81. The average Bonchev–Trinajstić information content (AvgIpc) is 2.93. The molecule has 0 aliphatic carbocycles. The molecule has 0 saturated heterocycles. The van der Waals surface area contributed by atoms with E-state index in [2.05, 4.69) is 10.5 Å². The van der Waals surface area contributed by atoms with Gasteiger partial charge in [0.05, 0.1) is 0 Å². The normalized spacial score (nSPS) is 10.4. The molecule has 6 nitrogen and oxygen atoms in total. The van der Waals surface area contributed by atoms with Crippen LogP contribution in [0.1, 0.15) is 24.7 Å². The molecule has 0 fully saturated rings. The van der Waals surface area contributed by atoms with Crippen LogP contribution in [-0.4, -0.2) is 23.5 Å². The Morgan fingerprint density at radius 3 is 2.57 bits per heavy atom. The van der Waals surface area contributed by atoms with Crippen LogP contribution in [0.25, 0.3) is 0 Å². The zero-order chi connectivity index (χ0) is 16.8. The molecule has 1 aromatic carbocycles. The summed E-state index contributed by atoms with van der Waals surface area (Å²) in [6.45, 7) is 3.83. The maximum Gasteiger partial charge on any atom is 0.225 e. The van der Waals surface area contributed by atoms with Crippen LogP contribution < -0.4 is 10.2 Å². The Balaban J connectivity index is 1.84. The summed E-state index contributed by atoms with van der Waals surface area (Å²) in [5.41, 5.74) is 0.957. The van der Waals surface area contributed by atoms with Crippen LogP contribution in [0, 0.1) is 6.92 Å². The van der Waals surface area contributed by atoms with E-state index in [1.807, 2.05) is 12.1 Å². The topological polar surface area (TPSA) is 75.4 Å². The molecule has 122 valence electrons. The number of amides is 2. The minimum Gasteiger partial charge on any atom is -0.360 e. The summed E-state index contributed by atoms with van der Waals surface area (Å²) < 4.78 is 4.96. The fourth-order valence-corrected chi connectivity index (χ4v) is 2.14. The molecule has 1 N–H and O–H groups in total. The molecular formula is C16H18ClN3O3. The number of hydrogen-bond acceptors (Lipinski definition) is 4. The molecule has 0 bridgehead atoms. The van der Waals surface area contributed by atoms with Crippen LogP contribution >= 0.6 is 11.6 Å². The van der Waals surface area contributed by atoms with Gasteiger partial charge >= 0.3 is 0 Å². The number of carbonyl (C=O) groups is 2. The third-order valence-corrected chi connectivity index (χ3v) is 3.49. The van der Waals surface area contributed by atoms with E-state index in [4.69, 9.17) is 16.1 Å². The molecule has 1 heterocycles. The van der Waals surface area contributed by atoms with Crippen molar-refractivity contribution in [2.45, 2.75) is 26.8 Å². The van der Waals surface area contributed by atoms with Crippen LogP contribution in [0.3, 0.4) is 0 Å². The highest BCUT2D eigenvalue weighted by molar-refractivity contribution is 6.30. The fourth-order valence-electron chi connectivity index (χ4n) is 2.02. The van der Waals surface area contributed by atoms with E-state index in [0.29, 0.717) is 23.1 Å². The van der Waals surface area contributed by atoms with Gasteiger partial charge in [-0.25, -0.2) is 0 Å². The van der Waals surface area contributed by atoms with Crippen molar-refractivity contribution in [3.63, 3.8) is 0 Å². The van der Waals surface area contributed by atoms with Crippen molar-refractivity contribution in [1.29, 1.82) is 0 Å². The van der Waals surface area contributed by atoms with Gasteiger partial charge in [0.1, 0.15) is 5.76 Å². The van der Waals surface area contributed by atoms with Gasteiger partial charge in [0.25, 0.3) is 0 Å². The Labute approximate surface area is 139 Å². The summed E-state index contributed by atoms with van der Waals surface area (Å²) in [5.74, 6) is 0.689. The molecule has 0 atom stereocenters. The van der Waals surface area contributed by atoms with Crippen molar-refractivity contribution < 1.29 is 14.1 Å². The molecule has 2 aromatic rings. The van der Waals surface area contributed by atoms with Gasteiger partial charge in [-0.1, -0.05) is 28.9 Å². The van der Waals surface area contributed by atoms with Gasteiger partial charge < -0.3 is 9.84 Å². The largest absolute Gasteiger partial charge is 0.360 e. The summed E-state index contributed by atoms with van der Waals surface area (Å²) in [6.07, 6.45) is 0.180. The lowest BCUT2D eigenvalue weighted by Gasteiger charge is -2.17. The van der Waals surface area contributed by atoms with Crippen LogP contribution in [0.4, 0.5) is 5.82 Å². The summed E-state index contributed by atoms with van der Waals surface area (Å²) in [7, 11) is 0. The number of benzene rings is 1. The van der Waals surface area contributed by atoms with Crippen molar-refractivity contribution in [3.05, 3.63) is 46.7 Å². The van der Waals surface area contributed by atoms with Crippen LogP contribution in [-0.2, 0) is 16.1 Å². The van der Waals surface area contributed by atoms with Gasteiger partial charge in [0.2, 0.25) is 11.8 Å². The van der Waals surface area contributed by atoms with Crippen LogP contribution in [0.2, 0.25) is 5.02 Å². The van der Waals surface area contributed by atoms with Gasteiger partial charge in [0.15, 0.2) is 5.82 Å². The second-order valence-electron chi connectivity index (χ2n) is 5.12. The number of rotatable bonds is 6. The fraction of sp³-hybridized carbons (Fsp3) is 0.312. The molecule has 0 saturated carbocycles. The summed E-state index contributed by atoms with van der Waals surface area (Å²) in [4.78, 5) is 25.0. The number of anilines is 1. The molecule has 0 radical (unpaired) electrons. The van der Waals surface area contributed by atoms with Crippen LogP contribution in [0.15, 0.2) is 34.9 Å². The van der Waals surface area contributed by atoms with E-state index >= 15 is 0 Å². The number of halogens is 1. The minimum atomic E-state index is -0.191. The van der Waals surface area contributed by atoms with Gasteiger partial charge in [-0.2, -0.15) is 0 Å². The molecule has 2 rings (SSSR count). The van der Waals surface area contributed by atoms with Crippen molar-refractivity contribution in [2.24, 2.45) is 0 Å². The van der Waals surface area contributed by atoms with Crippen molar-refractivity contribution >= 4 is 29.2 Å². The van der Waals surface area contributed by atoms with E-state index < -0.39 is 0 Å². The lowest BCUT2D eigenvalue weighted by atomic mass is 10.2. The van der Waals surface area contributed by atoms with Crippen molar-refractivity contribution in [1.82, 2.24) is 10.5 Å². The highest BCUT2D eigenvalue weighted by Crippen LogP contribution is 2.14. The number of carbonyl (C=O) groups excluding carboxylic acids is 2. The molecule has 0 unspecified atom stereocenters. The molecule has 1 aromatic heterocycles. The first kappa shape index (κ1) is 17.0. The number of nitrogens with zero attached hydrogens (tertiary/aromatic N) is 2. The zero-order valence-corrected chi connectivity index (χ0v) is 13.8. The molecule has 2 amide bonds. The van der Waals surface area contributed by atoms with E-state index in [9.17, 15) is 9.59 Å². The lowest BCUT2D eigenvalue weighted by Crippen LogP contribution is -2.33. The Hall–Kier alpha value is -2.34. The second-order valence-corrected chi connectivity index (χ2v) is 5.56. The zero-order valence-electron chi connectivity index (χ0n) is 13.0. The standard InChI is InChI=1S/C16H18ClN3O3/c1-11-9-15(19-23-11)20(12(2)21)8-7-16(22)18-10-13-3-5-14(17)6-4-13/h3-6,9H,7-8,10H2,1-2H3,(H,18,22). The molecule has 0 aliphatic heterocycles. The van der Waals surface area contributed by atoms with E-state index in [-0.39, 0.29) is 24.8 Å². The Kier molecular flexibility index (Phi) is 5.76. The van der Waals surface area contributed by atoms with Gasteiger partial charge in [0, 0.05) is 37.5 Å². The summed E-state index contributed by atoms with van der Waals surface area (Å²) in [5, 5.41) is 7.26. The Bertz CT molecular complexity index is 682. The van der Waals surface area contributed by atoms with Gasteiger partial charge in [-0.05, 0) is 24.6 Å². The molecule has 0 aliphatic rings. The first-order valence-electron chi connectivity index (χ1n) is 7.18. The first-order chi connectivity index (χ1) is 11.0. The molecule has 23 heavy (non-hydrogen) atoms. The quantitative estimate of drug-likeness (QED) is 0.880. The number of nitrogens with one attached hydrogen (secondary N) is 1. The van der Waals surface area contributed by atoms with Gasteiger partial charge in [-0.15, -0.1) is 0 Å². The number of aryl methyl sites for hydroxylation is 1. The minimum absolute atomic E-state index is 0.147. The van der Waals surface area contributed by atoms with Crippen molar-refractivity contribution in [3.8, 4) is 0 Å². The van der Waals surface area contributed by atoms with E-state index in [1.165, 1.54) is 11.8 Å². The SMILES string of the molecule is CC(=O)N(CCC(=O)NCc1ccc(Cl)cc1)c1cc(C)on1. The Morgan fingerprint density at radius 1 is 1.30 bits per heavy atom. The highest BCUT2D eigenvalue weighted by Gasteiger charge is 2.16. The highest BCUT2D eigenvalue weighted by atomic mass is 35.5. The molecular weight excluding hydrogens is 318 g/mol. The van der Waals surface area contributed by atoms with Gasteiger partial charge in [-0.3, -0.25) is 14.5 Å². The summed E-state index contributed by atoms with van der Waals surface area (Å²) in [6, 6.07) is 8.90. The maximum atomic E-state index is 11.9. The third kappa shape index (κ3) is 5.10. The lowest BCUT2D eigenvalue weighted by molar-refractivity contribution is -0.121. The smallest absolute Gasteiger partial charge is 0.225 e. The predicted molar refractivity (Wildman–Crippen MR) is 87.2 cm³/mol. The maximum absolute atomic E-state index is 11.9. The third-order valence-electron chi connectivity index (χ3n) is 3.24. The Morgan fingerprint density at radius 2 is 2.00 bits per heavy atom. The van der Waals surface area contributed by atoms with E-state index in [0.717, 1.165) is 5.56 Å². The molecule has 0 spiro atoms. The van der Waals surface area contributed by atoms with E-state index in [1.54, 1.807) is 25.1 Å². The average molecular weight is 336 g/mol. The second kappa shape index (κ2) is 7.78. The number of hydrogen-bond donors (Lipinski definition) is 1. The first-order valence-corrected chi connectivity index (χ1v) is 7.56. The predicted octanol–water partition coefficient (Wildman–Crippen LogP) is 2.70. The number of aromatic nitrogens is 1. The molecule has 7 heteroatoms.